The summed E-state index contributed by atoms with van der Waals surface area (Å²) in [5.74, 6) is 1.74. The van der Waals surface area contributed by atoms with Gasteiger partial charge in [-0.2, -0.15) is 0 Å². The molecule has 1 aliphatic heterocycles. The maximum absolute atomic E-state index is 10.2. The first-order chi connectivity index (χ1) is 10.6. The third-order valence-corrected chi connectivity index (χ3v) is 4.35. The molecular weight excluding hydrogens is 276 g/mol. The second-order valence-corrected chi connectivity index (χ2v) is 6.56. The normalized spacial score (nSPS) is 18.5. The number of hydrogen-bond donors (Lipinski definition) is 1. The van der Waals surface area contributed by atoms with Gasteiger partial charge in [-0.1, -0.05) is 25.1 Å². The summed E-state index contributed by atoms with van der Waals surface area (Å²) in [4.78, 5) is 4.53. The lowest BCUT2D eigenvalue weighted by atomic mass is 9.99. The Hall–Kier alpha value is -1.10. The predicted octanol–water partition coefficient (Wildman–Crippen LogP) is 2.09. The summed E-state index contributed by atoms with van der Waals surface area (Å²) < 4.78 is 5.69. The molecule has 1 aromatic carbocycles. The highest BCUT2D eigenvalue weighted by molar-refractivity contribution is 5.20. The number of ether oxygens (including phenoxy) is 1. The van der Waals surface area contributed by atoms with Crippen molar-refractivity contribution in [1.82, 2.24) is 9.80 Å². The van der Waals surface area contributed by atoms with Gasteiger partial charge in [0.05, 0.1) is 6.10 Å². The number of likely N-dealkylation sites (tertiary alicyclic amines) is 1. The molecule has 0 radical (unpaired) electrons. The van der Waals surface area contributed by atoms with E-state index in [1.165, 1.54) is 12.8 Å². The minimum atomic E-state index is -0.282. The summed E-state index contributed by atoms with van der Waals surface area (Å²) in [6.07, 6.45) is 2.23. The Balaban J connectivity index is 1.58. The van der Waals surface area contributed by atoms with E-state index in [1.807, 2.05) is 37.4 Å². The van der Waals surface area contributed by atoms with Crippen molar-refractivity contribution in [2.75, 3.05) is 46.4 Å². The average molecular weight is 306 g/mol. The standard InChI is InChI=1S/C18H30N2O2/c1-16-8-10-20(11-9-16)15-17(21)14-19(2)12-13-22-18-6-4-3-5-7-18/h3-7,16-17,21H,8-15H2,1-2H3. The van der Waals surface area contributed by atoms with Crippen molar-refractivity contribution in [1.29, 1.82) is 0 Å². The van der Waals surface area contributed by atoms with Crippen LogP contribution < -0.4 is 4.74 Å². The van der Waals surface area contributed by atoms with Gasteiger partial charge in [-0.15, -0.1) is 0 Å². The summed E-state index contributed by atoms with van der Waals surface area (Å²) in [5, 5.41) is 10.2. The molecule has 1 atom stereocenters. The highest BCUT2D eigenvalue weighted by Gasteiger charge is 2.18. The molecule has 0 aliphatic carbocycles. The number of para-hydroxylation sites is 1. The second kappa shape index (κ2) is 9.13. The molecule has 124 valence electrons. The van der Waals surface area contributed by atoms with Crippen molar-refractivity contribution in [3.8, 4) is 5.75 Å². The van der Waals surface area contributed by atoms with E-state index in [0.29, 0.717) is 13.2 Å². The Morgan fingerprint density at radius 1 is 1.27 bits per heavy atom. The molecule has 0 aromatic heterocycles. The molecule has 1 aromatic rings. The van der Waals surface area contributed by atoms with Gasteiger partial charge in [0, 0.05) is 19.6 Å². The van der Waals surface area contributed by atoms with Crippen molar-refractivity contribution >= 4 is 0 Å². The predicted molar refractivity (Wildman–Crippen MR) is 90.3 cm³/mol. The van der Waals surface area contributed by atoms with E-state index in [1.54, 1.807) is 0 Å². The Bertz CT molecular complexity index is 405. The molecule has 22 heavy (non-hydrogen) atoms. The van der Waals surface area contributed by atoms with Crippen LogP contribution in [0.2, 0.25) is 0 Å². The number of benzene rings is 1. The number of likely N-dealkylation sites (N-methyl/N-ethyl adjacent to an activating group) is 1. The van der Waals surface area contributed by atoms with Gasteiger partial charge in [-0.25, -0.2) is 0 Å². The Kier molecular flexibility index (Phi) is 7.16. The van der Waals surface area contributed by atoms with Crippen LogP contribution in [-0.2, 0) is 0 Å². The van der Waals surface area contributed by atoms with E-state index in [4.69, 9.17) is 4.74 Å². The van der Waals surface area contributed by atoms with Crippen LogP contribution in [0.25, 0.3) is 0 Å². The molecule has 2 rings (SSSR count). The number of piperidine rings is 1. The molecule has 1 saturated heterocycles. The van der Waals surface area contributed by atoms with Crippen LogP contribution in [0.4, 0.5) is 0 Å². The van der Waals surface area contributed by atoms with Crippen LogP contribution in [0.15, 0.2) is 30.3 Å². The highest BCUT2D eigenvalue weighted by atomic mass is 16.5. The first-order valence-corrected chi connectivity index (χ1v) is 8.40. The molecule has 0 saturated carbocycles. The van der Waals surface area contributed by atoms with Crippen LogP contribution >= 0.6 is 0 Å². The quantitative estimate of drug-likeness (QED) is 0.798. The summed E-state index contributed by atoms with van der Waals surface area (Å²) in [6.45, 7) is 7.52. The monoisotopic (exact) mass is 306 g/mol. The van der Waals surface area contributed by atoms with Crippen molar-refractivity contribution < 1.29 is 9.84 Å². The molecule has 4 nitrogen and oxygen atoms in total. The Morgan fingerprint density at radius 3 is 2.64 bits per heavy atom. The molecule has 0 spiro atoms. The minimum Gasteiger partial charge on any atom is -0.492 e. The Labute approximate surface area is 134 Å². The van der Waals surface area contributed by atoms with Crippen LogP contribution in [0.1, 0.15) is 19.8 Å². The summed E-state index contributed by atoms with van der Waals surface area (Å²) >= 11 is 0. The molecular formula is C18H30N2O2. The van der Waals surface area contributed by atoms with Crippen LogP contribution in [0.5, 0.6) is 5.75 Å². The average Bonchev–Trinajstić information content (AvgIpc) is 2.50. The highest BCUT2D eigenvalue weighted by Crippen LogP contribution is 2.16. The van der Waals surface area contributed by atoms with Crippen molar-refractivity contribution in [2.45, 2.75) is 25.9 Å². The Morgan fingerprint density at radius 2 is 1.95 bits per heavy atom. The third-order valence-electron chi connectivity index (χ3n) is 4.35. The van der Waals surface area contributed by atoms with Gasteiger partial charge in [0.15, 0.2) is 0 Å². The number of rotatable bonds is 8. The summed E-state index contributed by atoms with van der Waals surface area (Å²) in [5.41, 5.74) is 0. The van der Waals surface area contributed by atoms with E-state index in [9.17, 15) is 5.11 Å². The lowest BCUT2D eigenvalue weighted by molar-refractivity contribution is 0.0647. The fourth-order valence-electron chi connectivity index (χ4n) is 2.89. The number of aliphatic hydroxyl groups excluding tert-OH is 1. The molecule has 1 fully saturated rings. The van der Waals surface area contributed by atoms with Crippen LogP contribution in [0.3, 0.4) is 0 Å². The van der Waals surface area contributed by atoms with Crippen molar-refractivity contribution in [3.05, 3.63) is 30.3 Å². The summed E-state index contributed by atoms with van der Waals surface area (Å²) in [7, 11) is 2.04. The first-order valence-electron chi connectivity index (χ1n) is 8.40. The van der Waals surface area contributed by atoms with E-state index in [2.05, 4.69) is 16.7 Å². The summed E-state index contributed by atoms with van der Waals surface area (Å²) in [6, 6.07) is 9.86. The zero-order valence-corrected chi connectivity index (χ0v) is 13.9. The molecule has 1 heterocycles. The van der Waals surface area contributed by atoms with E-state index in [-0.39, 0.29) is 6.10 Å². The lowest BCUT2D eigenvalue weighted by Gasteiger charge is -2.32. The maximum Gasteiger partial charge on any atom is 0.119 e. The lowest BCUT2D eigenvalue weighted by Crippen LogP contribution is -2.42. The van der Waals surface area contributed by atoms with Crippen LogP contribution in [0, 0.1) is 5.92 Å². The van der Waals surface area contributed by atoms with Gasteiger partial charge < -0.3 is 19.6 Å². The topological polar surface area (TPSA) is 35.9 Å². The number of nitrogens with zero attached hydrogens (tertiary/aromatic N) is 2. The number of aliphatic hydroxyl groups is 1. The fraction of sp³-hybridized carbons (Fsp3) is 0.667. The molecule has 0 amide bonds. The first kappa shape index (κ1) is 17.3. The molecule has 1 aliphatic rings. The van der Waals surface area contributed by atoms with E-state index in [0.717, 1.165) is 37.8 Å². The van der Waals surface area contributed by atoms with Gasteiger partial charge in [0.25, 0.3) is 0 Å². The smallest absolute Gasteiger partial charge is 0.119 e. The third kappa shape index (κ3) is 6.34. The SMILES string of the molecule is CC1CCN(CC(O)CN(C)CCOc2ccccc2)CC1. The van der Waals surface area contributed by atoms with Gasteiger partial charge in [0.2, 0.25) is 0 Å². The minimum absolute atomic E-state index is 0.282. The van der Waals surface area contributed by atoms with Gasteiger partial charge in [-0.05, 0) is 51.0 Å². The molecule has 0 bridgehead atoms. The number of hydrogen-bond acceptors (Lipinski definition) is 4. The molecule has 1 unspecified atom stereocenters. The second-order valence-electron chi connectivity index (χ2n) is 6.56. The molecule has 4 heteroatoms. The largest absolute Gasteiger partial charge is 0.492 e. The van der Waals surface area contributed by atoms with Crippen LogP contribution in [-0.4, -0.2) is 67.4 Å². The zero-order valence-electron chi connectivity index (χ0n) is 13.9. The maximum atomic E-state index is 10.2. The van der Waals surface area contributed by atoms with Crippen molar-refractivity contribution in [2.24, 2.45) is 5.92 Å². The van der Waals surface area contributed by atoms with Gasteiger partial charge in [0.1, 0.15) is 12.4 Å². The van der Waals surface area contributed by atoms with Crippen molar-refractivity contribution in [3.63, 3.8) is 0 Å². The van der Waals surface area contributed by atoms with E-state index >= 15 is 0 Å². The zero-order chi connectivity index (χ0) is 15.8. The van der Waals surface area contributed by atoms with Gasteiger partial charge >= 0.3 is 0 Å². The van der Waals surface area contributed by atoms with E-state index < -0.39 is 0 Å². The fourth-order valence-corrected chi connectivity index (χ4v) is 2.89. The molecule has 1 N–H and O–H groups in total. The number of β-amino-alcohol motifs (C(OH)–C–C–N with tert-alkyl or cyclic N) is 1. The van der Waals surface area contributed by atoms with Gasteiger partial charge in [-0.3, -0.25) is 0 Å².